The van der Waals surface area contributed by atoms with Crippen LogP contribution in [-0.4, -0.2) is 20.6 Å². The predicted molar refractivity (Wildman–Crippen MR) is 68.7 cm³/mol. The summed E-state index contributed by atoms with van der Waals surface area (Å²) in [6.07, 6.45) is 5.70. The molecule has 0 radical (unpaired) electrons. The summed E-state index contributed by atoms with van der Waals surface area (Å²) >= 11 is 0. The van der Waals surface area contributed by atoms with Crippen LogP contribution >= 0.6 is 0 Å². The molecule has 0 aliphatic rings. The second-order valence-electron chi connectivity index (χ2n) is 4.23. The number of carbonyl (C=O) groups is 1. The average Bonchev–Trinajstić information content (AvgIpc) is 2.77. The number of rotatable bonds is 5. The highest BCUT2D eigenvalue weighted by Crippen LogP contribution is 2.10. The van der Waals surface area contributed by atoms with Gasteiger partial charge in [0, 0.05) is 25.4 Å². The van der Waals surface area contributed by atoms with Crippen molar-refractivity contribution in [2.45, 2.75) is 26.3 Å². The van der Waals surface area contributed by atoms with Gasteiger partial charge in [0.05, 0.1) is 5.56 Å². The summed E-state index contributed by atoms with van der Waals surface area (Å²) < 4.78 is 2.06. The maximum Gasteiger partial charge on any atom is 0.335 e. The van der Waals surface area contributed by atoms with E-state index in [1.807, 2.05) is 12.3 Å². The summed E-state index contributed by atoms with van der Waals surface area (Å²) in [5.41, 5.74) is 1.30. The van der Waals surface area contributed by atoms with Gasteiger partial charge in [-0.2, -0.15) is 0 Å². The molecule has 4 nitrogen and oxygen atoms in total. The Kier molecular flexibility index (Phi) is 3.77. The van der Waals surface area contributed by atoms with Gasteiger partial charge in [-0.15, -0.1) is 0 Å². The number of aromatic carboxylic acids is 1. The number of hydrogen-bond acceptors (Lipinski definition) is 2. The Balaban J connectivity index is 2.20. The summed E-state index contributed by atoms with van der Waals surface area (Å²) in [6, 6.07) is 7.02. The molecule has 0 saturated carbocycles. The minimum atomic E-state index is -0.892. The van der Waals surface area contributed by atoms with Gasteiger partial charge in [0.1, 0.15) is 5.82 Å². The maximum absolute atomic E-state index is 10.9. The molecule has 94 valence electrons. The van der Waals surface area contributed by atoms with Crippen LogP contribution in [0.1, 0.15) is 35.1 Å². The van der Waals surface area contributed by atoms with Crippen LogP contribution in [-0.2, 0) is 13.0 Å². The molecule has 0 fully saturated rings. The molecule has 4 heteroatoms. The van der Waals surface area contributed by atoms with Crippen LogP contribution in [0.25, 0.3) is 0 Å². The molecule has 0 saturated heterocycles. The Hall–Kier alpha value is -2.10. The van der Waals surface area contributed by atoms with E-state index in [9.17, 15) is 4.79 Å². The molecule has 18 heavy (non-hydrogen) atoms. The van der Waals surface area contributed by atoms with E-state index >= 15 is 0 Å². The van der Waals surface area contributed by atoms with E-state index in [-0.39, 0.29) is 0 Å². The third kappa shape index (κ3) is 2.77. The Labute approximate surface area is 106 Å². The van der Waals surface area contributed by atoms with Gasteiger partial charge in [-0.05, 0) is 24.1 Å². The van der Waals surface area contributed by atoms with Gasteiger partial charge in [0.15, 0.2) is 0 Å². The van der Waals surface area contributed by atoms with E-state index in [0.717, 1.165) is 24.2 Å². The second kappa shape index (κ2) is 5.49. The number of carboxylic acids is 1. The van der Waals surface area contributed by atoms with Crippen molar-refractivity contribution in [2.75, 3.05) is 0 Å². The standard InChI is InChI=1S/C14H16N2O2/c1-2-4-13-15-7-8-16(13)10-11-5-3-6-12(9-11)14(17)18/h3,5-9H,2,4,10H2,1H3,(H,17,18). The topological polar surface area (TPSA) is 55.1 Å². The maximum atomic E-state index is 10.9. The van der Waals surface area contributed by atoms with Gasteiger partial charge in [0.25, 0.3) is 0 Å². The highest BCUT2D eigenvalue weighted by atomic mass is 16.4. The van der Waals surface area contributed by atoms with Crippen molar-refractivity contribution in [3.63, 3.8) is 0 Å². The molecular weight excluding hydrogens is 228 g/mol. The molecule has 1 aromatic carbocycles. The third-order valence-corrected chi connectivity index (χ3v) is 2.80. The van der Waals surface area contributed by atoms with Crippen LogP contribution in [0.15, 0.2) is 36.7 Å². The van der Waals surface area contributed by atoms with Gasteiger partial charge in [-0.1, -0.05) is 19.1 Å². The van der Waals surface area contributed by atoms with Crippen LogP contribution in [0, 0.1) is 0 Å². The fourth-order valence-corrected chi connectivity index (χ4v) is 1.94. The van der Waals surface area contributed by atoms with Gasteiger partial charge in [-0.3, -0.25) is 0 Å². The minimum Gasteiger partial charge on any atom is -0.478 e. The van der Waals surface area contributed by atoms with E-state index in [2.05, 4.69) is 16.5 Å². The molecule has 2 aromatic rings. The Morgan fingerprint density at radius 3 is 3.00 bits per heavy atom. The van der Waals surface area contributed by atoms with Crippen molar-refractivity contribution < 1.29 is 9.90 Å². The highest BCUT2D eigenvalue weighted by Gasteiger charge is 2.06. The number of carboxylic acid groups (broad SMARTS) is 1. The molecule has 0 aliphatic carbocycles. The number of nitrogens with zero attached hydrogens (tertiary/aromatic N) is 2. The summed E-state index contributed by atoms with van der Waals surface area (Å²) in [5, 5.41) is 8.96. The number of aryl methyl sites for hydroxylation is 1. The zero-order valence-electron chi connectivity index (χ0n) is 10.3. The lowest BCUT2D eigenvalue weighted by atomic mass is 10.1. The summed E-state index contributed by atoms with van der Waals surface area (Å²) in [6.45, 7) is 2.78. The van der Waals surface area contributed by atoms with E-state index in [1.54, 1.807) is 24.4 Å². The normalized spacial score (nSPS) is 10.5. The number of aromatic nitrogens is 2. The molecule has 0 atom stereocenters. The second-order valence-corrected chi connectivity index (χ2v) is 4.23. The monoisotopic (exact) mass is 244 g/mol. The average molecular weight is 244 g/mol. The molecule has 0 spiro atoms. The third-order valence-electron chi connectivity index (χ3n) is 2.80. The lowest BCUT2D eigenvalue weighted by Crippen LogP contribution is -2.05. The number of hydrogen-bond donors (Lipinski definition) is 1. The van der Waals surface area contributed by atoms with Crippen molar-refractivity contribution in [1.29, 1.82) is 0 Å². The quantitative estimate of drug-likeness (QED) is 0.879. The first kappa shape index (κ1) is 12.4. The van der Waals surface area contributed by atoms with Crippen LogP contribution in [0.4, 0.5) is 0 Å². The molecular formula is C14H16N2O2. The SMILES string of the molecule is CCCc1nccn1Cc1cccc(C(=O)O)c1. The Bertz CT molecular complexity index is 546. The number of benzene rings is 1. The van der Waals surface area contributed by atoms with Gasteiger partial charge in [0.2, 0.25) is 0 Å². The van der Waals surface area contributed by atoms with Gasteiger partial charge >= 0.3 is 5.97 Å². The molecule has 0 unspecified atom stereocenters. The first-order chi connectivity index (χ1) is 8.70. The van der Waals surface area contributed by atoms with Crippen LogP contribution < -0.4 is 0 Å². The molecule has 1 N–H and O–H groups in total. The lowest BCUT2D eigenvalue weighted by Gasteiger charge is -2.07. The summed E-state index contributed by atoms with van der Waals surface area (Å²) in [7, 11) is 0. The zero-order chi connectivity index (χ0) is 13.0. The molecule has 2 rings (SSSR count). The van der Waals surface area contributed by atoms with E-state index in [4.69, 9.17) is 5.11 Å². The van der Waals surface area contributed by atoms with Crippen molar-refractivity contribution in [1.82, 2.24) is 9.55 Å². The number of imidazole rings is 1. The minimum absolute atomic E-state index is 0.324. The van der Waals surface area contributed by atoms with Crippen LogP contribution in [0.2, 0.25) is 0 Å². The first-order valence-corrected chi connectivity index (χ1v) is 6.03. The predicted octanol–water partition coefficient (Wildman–Crippen LogP) is 2.58. The van der Waals surface area contributed by atoms with E-state index < -0.39 is 5.97 Å². The molecule has 1 aromatic heterocycles. The van der Waals surface area contributed by atoms with Gasteiger partial charge < -0.3 is 9.67 Å². The fraction of sp³-hybridized carbons (Fsp3) is 0.286. The fourth-order valence-electron chi connectivity index (χ4n) is 1.94. The molecule has 0 amide bonds. The van der Waals surface area contributed by atoms with E-state index in [0.29, 0.717) is 12.1 Å². The molecule has 0 bridgehead atoms. The summed E-state index contributed by atoms with van der Waals surface area (Å²) in [5.74, 6) is 0.148. The highest BCUT2D eigenvalue weighted by molar-refractivity contribution is 5.87. The van der Waals surface area contributed by atoms with Gasteiger partial charge in [-0.25, -0.2) is 9.78 Å². The molecule has 0 aliphatic heterocycles. The summed E-state index contributed by atoms with van der Waals surface area (Å²) in [4.78, 5) is 15.2. The van der Waals surface area contributed by atoms with Crippen molar-refractivity contribution >= 4 is 5.97 Å². The van der Waals surface area contributed by atoms with Crippen molar-refractivity contribution in [3.8, 4) is 0 Å². The molecule has 1 heterocycles. The smallest absolute Gasteiger partial charge is 0.335 e. The first-order valence-electron chi connectivity index (χ1n) is 6.03. The lowest BCUT2D eigenvalue weighted by molar-refractivity contribution is 0.0696. The van der Waals surface area contributed by atoms with Crippen molar-refractivity contribution in [2.24, 2.45) is 0 Å². The Morgan fingerprint density at radius 1 is 1.44 bits per heavy atom. The largest absolute Gasteiger partial charge is 0.478 e. The Morgan fingerprint density at radius 2 is 2.28 bits per heavy atom. The van der Waals surface area contributed by atoms with Crippen molar-refractivity contribution in [3.05, 3.63) is 53.6 Å². The zero-order valence-corrected chi connectivity index (χ0v) is 10.3. The van der Waals surface area contributed by atoms with E-state index in [1.165, 1.54) is 0 Å². The van der Waals surface area contributed by atoms with Crippen LogP contribution in [0.5, 0.6) is 0 Å². The van der Waals surface area contributed by atoms with Crippen LogP contribution in [0.3, 0.4) is 0 Å².